The first-order chi connectivity index (χ1) is 19.1. The monoisotopic (exact) mass is 581 g/mol. The number of hydrogen-bond acceptors (Lipinski definition) is 8. The van der Waals surface area contributed by atoms with Gasteiger partial charge in [0.2, 0.25) is 15.9 Å². The number of hydrogen-bond donors (Lipinski definition) is 2. The van der Waals surface area contributed by atoms with Gasteiger partial charge >= 0.3 is 5.63 Å². The highest BCUT2D eigenvalue weighted by atomic mass is 32.2. The van der Waals surface area contributed by atoms with E-state index < -0.39 is 27.6 Å². The Morgan fingerprint density at radius 3 is 2.50 bits per heavy atom. The summed E-state index contributed by atoms with van der Waals surface area (Å²) in [5.41, 5.74) is 2.53. The molecule has 0 radical (unpaired) electrons. The molecule has 1 amide bonds. The highest BCUT2D eigenvalue weighted by molar-refractivity contribution is 7.98. The third-order valence-electron chi connectivity index (χ3n) is 6.37. The van der Waals surface area contributed by atoms with Crippen molar-refractivity contribution in [1.82, 2.24) is 4.72 Å². The number of carbonyl (C=O) groups is 1. The number of aryl methyl sites for hydroxylation is 1. The fraction of sp³-hybridized carbons (Fsp3) is 0.241. The smallest absolute Gasteiger partial charge is 0.338 e. The lowest BCUT2D eigenvalue weighted by atomic mass is 10.1. The van der Waals surface area contributed by atoms with Crippen molar-refractivity contribution < 1.29 is 22.4 Å². The number of ether oxygens (including phenoxy) is 1. The van der Waals surface area contributed by atoms with Crippen molar-refractivity contribution in [3.05, 3.63) is 88.8 Å². The molecule has 0 aliphatic rings. The van der Waals surface area contributed by atoms with Gasteiger partial charge < -0.3 is 19.4 Å². The molecule has 1 unspecified atom stereocenters. The molecule has 1 atom stereocenters. The number of nitrogens with one attached hydrogen (secondary N) is 2. The molecule has 11 heteroatoms. The molecule has 0 saturated heterocycles. The number of fused-ring (bicyclic) bond motifs is 1. The molecule has 3 aromatic carbocycles. The molecule has 0 aliphatic heterocycles. The van der Waals surface area contributed by atoms with Crippen LogP contribution in [0.5, 0.6) is 5.75 Å². The van der Waals surface area contributed by atoms with Crippen LogP contribution in [0.2, 0.25) is 0 Å². The summed E-state index contributed by atoms with van der Waals surface area (Å²) in [5.74, 6) is 0.444. The number of methoxy groups -OCH3 is 1. The lowest BCUT2D eigenvalue weighted by Gasteiger charge is -2.23. The molecular formula is C29H31N3O6S2. The number of carbonyl (C=O) groups excluding carboxylic acids is 1. The molecule has 4 aromatic rings. The van der Waals surface area contributed by atoms with Crippen molar-refractivity contribution in [2.45, 2.75) is 24.3 Å². The van der Waals surface area contributed by atoms with Gasteiger partial charge in [0, 0.05) is 24.2 Å². The first-order valence-electron chi connectivity index (χ1n) is 12.5. The number of anilines is 3. The molecule has 0 bridgehead atoms. The normalized spacial score (nSPS) is 12.2. The summed E-state index contributed by atoms with van der Waals surface area (Å²) in [6.45, 7) is 1.87. The zero-order valence-corrected chi connectivity index (χ0v) is 24.3. The third kappa shape index (κ3) is 6.67. The van der Waals surface area contributed by atoms with Gasteiger partial charge in [0.15, 0.2) is 0 Å². The number of amides is 1. The summed E-state index contributed by atoms with van der Waals surface area (Å²) in [7, 11) is -0.661. The maximum atomic E-state index is 13.5. The summed E-state index contributed by atoms with van der Waals surface area (Å²) in [6, 6.07) is 19.2. The maximum Gasteiger partial charge on any atom is 0.338 e. The van der Waals surface area contributed by atoms with Gasteiger partial charge in [0.1, 0.15) is 17.4 Å². The van der Waals surface area contributed by atoms with Gasteiger partial charge in [0.25, 0.3) is 0 Å². The first kappa shape index (κ1) is 29.2. The standard InChI is InChI=1S/C29H31N3O6S2/c1-19-9-12-21(13-10-19)40(35,36)31-23(15-16-39-4)29(34)30-24-17-20(11-14-27(24)37-3)32(2)25-18-28(33)38-26-8-6-5-7-22(25)26/h5-14,17-18,23,31H,15-16H2,1-4H3,(H,30,34). The first-order valence-corrected chi connectivity index (χ1v) is 15.3. The van der Waals surface area contributed by atoms with Crippen LogP contribution in [0.1, 0.15) is 12.0 Å². The van der Waals surface area contributed by atoms with E-state index >= 15 is 0 Å². The summed E-state index contributed by atoms with van der Waals surface area (Å²) >= 11 is 1.51. The molecule has 0 saturated carbocycles. The van der Waals surface area contributed by atoms with Crippen LogP contribution in [-0.2, 0) is 14.8 Å². The average Bonchev–Trinajstić information content (AvgIpc) is 2.94. The molecule has 210 valence electrons. The van der Waals surface area contributed by atoms with Gasteiger partial charge in [-0.25, -0.2) is 13.2 Å². The number of thioether (sulfide) groups is 1. The highest BCUT2D eigenvalue weighted by Crippen LogP contribution is 2.35. The third-order valence-corrected chi connectivity index (χ3v) is 8.51. The van der Waals surface area contributed by atoms with E-state index in [1.54, 1.807) is 54.4 Å². The maximum absolute atomic E-state index is 13.5. The lowest BCUT2D eigenvalue weighted by molar-refractivity contribution is -0.117. The molecule has 9 nitrogen and oxygen atoms in total. The Morgan fingerprint density at radius 1 is 1.07 bits per heavy atom. The minimum absolute atomic E-state index is 0.0841. The van der Waals surface area contributed by atoms with Gasteiger partial charge in [-0.15, -0.1) is 0 Å². The predicted molar refractivity (Wildman–Crippen MR) is 160 cm³/mol. The zero-order valence-electron chi connectivity index (χ0n) is 22.6. The van der Waals surface area contributed by atoms with E-state index in [9.17, 15) is 18.0 Å². The Morgan fingerprint density at radius 2 is 1.80 bits per heavy atom. The fourth-order valence-electron chi connectivity index (χ4n) is 4.19. The van der Waals surface area contributed by atoms with E-state index in [0.717, 1.165) is 10.9 Å². The molecular weight excluding hydrogens is 550 g/mol. The Balaban J connectivity index is 1.64. The van der Waals surface area contributed by atoms with E-state index in [0.29, 0.717) is 34.1 Å². The molecule has 2 N–H and O–H groups in total. The topological polar surface area (TPSA) is 118 Å². The second-order valence-corrected chi connectivity index (χ2v) is 11.8. The van der Waals surface area contributed by atoms with Gasteiger partial charge in [-0.3, -0.25) is 4.79 Å². The summed E-state index contributed by atoms with van der Waals surface area (Å²) in [5, 5.41) is 3.59. The SMILES string of the molecule is COc1ccc(N(C)c2cc(=O)oc3ccccc23)cc1NC(=O)C(CCSC)NS(=O)(=O)c1ccc(C)cc1. The van der Waals surface area contributed by atoms with Crippen LogP contribution in [0.3, 0.4) is 0 Å². The number of nitrogens with zero attached hydrogens (tertiary/aromatic N) is 1. The average molecular weight is 582 g/mol. The van der Waals surface area contributed by atoms with Crippen molar-refractivity contribution >= 4 is 55.7 Å². The Kier molecular flexibility index (Phi) is 9.18. The van der Waals surface area contributed by atoms with E-state index in [1.807, 2.05) is 25.3 Å². The second-order valence-electron chi connectivity index (χ2n) is 9.15. The van der Waals surface area contributed by atoms with E-state index in [-0.39, 0.29) is 11.3 Å². The van der Waals surface area contributed by atoms with Gasteiger partial charge in [-0.05, 0) is 67.8 Å². The minimum Gasteiger partial charge on any atom is -0.495 e. The zero-order chi connectivity index (χ0) is 28.9. The van der Waals surface area contributed by atoms with Crippen molar-refractivity contribution in [2.75, 3.05) is 36.4 Å². The number of para-hydroxylation sites is 1. The lowest BCUT2D eigenvalue weighted by Crippen LogP contribution is -2.44. The van der Waals surface area contributed by atoms with Crippen LogP contribution < -0.4 is 25.3 Å². The van der Waals surface area contributed by atoms with Crippen molar-refractivity contribution in [3.8, 4) is 5.75 Å². The Hall–Kier alpha value is -3.80. The molecule has 1 aromatic heterocycles. The van der Waals surface area contributed by atoms with Crippen LogP contribution in [0.4, 0.5) is 17.1 Å². The number of benzene rings is 3. The van der Waals surface area contributed by atoms with E-state index in [4.69, 9.17) is 9.15 Å². The Labute approximate surface area is 237 Å². The van der Waals surface area contributed by atoms with Crippen molar-refractivity contribution in [2.24, 2.45) is 0 Å². The highest BCUT2D eigenvalue weighted by Gasteiger charge is 2.26. The van der Waals surface area contributed by atoms with Crippen LogP contribution in [-0.4, -0.2) is 46.5 Å². The number of sulfonamides is 1. The van der Waals surface area contributed by atoms with E-state index in [2.05, 4.69) is 10.0 Å². The van der Waals surface area contributed by atoms with Crippen molar-refractivity contribution in [3.63, 3.8) is 0 Å². The molecule has 0 fully saturated rings. The van der Waals surface area contributed by atoms with Crippen LogP contribution >= 0.6 is 11.8 Å². The van der Waals surface area contributed by atoms with Crippen LogP contribution in [0, 0.1) is 6.92 Å². The summed E-state index contributed by atoms with van der Waals surface area (Å²) < 4.78 is 39.5. The van der Waals surface area contributed by atoms with Crippen molar-refractivity contribution in [1.29, 1.82) is 0 Å². The molecule has 0 aliphatic carbocycles. The summed E-state index contributed by atoms with van der Waals surface area (Å²) in [6.07, 6.45) is 2.17. The Bertz CT molecular complexity index is 1670. The van der Waals surface area contributed by atoms with Gasteiger partial charge in [-0.2, -0.15) is 16.5 Å². The molecule has 4 rings (SSSR count). The van der Waals surface area contributed by atoms with Crippen LogP contribution in [0.15, 0.2) is 86.9 Å². The second kappa shape index (κ2) is 12.6. The quantitative estimate of drug-likeness (QED) is 0.240. The van der Waals surface area contributed by atoms with E-state index in [1.165, 1.54) is 37.1 Å². The minimum atomic E-state index is -3.94. The molecule has 40 heavy (non-hydrogen) atoms. The van der Waals surface area contributed by atoms with Gasteiger partial charge in [-0.1, -0.05) is 29.8 Å². The van der Waals surface area contributed by atoms with Gasteiger partial charge in [0.05, 0.1) is 23.4 Å². The molecule has 1 heterocycles. The largest absolute Gasteiger partial charge is 0.495 e. The number of rotatable bonds is 11. The molecule has 0 spiro atoms. The fourth-order valence-corrected chi connectivity index (χ4v) is 5.89. The predicted octanol–water partition coefficient (Wildman–Crippen LogP) is 4.92. The van der Waals surface area contributed by atoms with Crippen LogP contribution in [0.25, 0.3) is 11.0 Å². The summed E-state index contributed by atoms with van der Waals surface area (Å²) in [4.78, 5) is 27.6.